The fraction of sp³-hybridized carbons (Fsp3) is 0. The third-order valence-corrected chi connectivity index (χ3v) is 0. The third-order valence-electron chi connectivity index (χ3n) is 0. The van der Waals surface area contributed by atoms with Gasteiger partial charge in [-0.2, -0.15) is 0 Å². The Hall–Kier alpha value is -0.332. The van der Waals surface area contributed by atoms with Crippen molar-refractivity contribution >= 4 is 0 Å². The van der Waals surface area contributed by atoms with Gasteiger partial charge in [0.2, 0.25) is 0 Å². The monoisotopic (exact) mass is 247 g/mol. The minimum absolute atomic E-state index is 0. The molecule has 0 fully saturated rings. The Morgan fingerprint density at radius 3 is 0.800 bits per heavy atom. The van der Waals surface area contributed by atoms with Gasteiger partial charge in [0, 0.05) is 21.1 Å². The summed E-state index contributed by atoms with van der Waals surface area (Å²) in [7, 11) is 0. The van der Waals surface area contributed by atoms with Crippen LogP contribution < -0.4 is 0 Å². The van der Waals surface area contributed by atoms with Crippen LogP contribution in [0.15, 0.2) is 0 Å². The molecule has 0 spiro atoms. The van der Waals surface area contributed by atoms with Crippen LogP contribution in [0.3, 0.4) is 0 Å². The summed E-state index contributed by atoms with van der Waals surface area (Å²) in [6.45, 7) is 9.50. The first-order valence-corrected chi connectivity index (χ1v) is 0.447. The number of nitrogens with zero attached hydrogens (tertiary/aromatic N) is 2. The first-order valence-electron chi connectivity index (χ1n) is 0.447. The molecule has 0 aliphatic rings. The van der Waals surface area contributed by atoms with E-state index in [0.29, 0.717) is 0 Å². The van der Waals surface area contributed by atoms with Gasteiger partial charge in [-0.15, -0.1) is 0 Å². The van der Waals surface area contributed by atoms with Crippen LogP contribution in [-0.2, 0) is 21.1 Å². The zero-order valence-corrected chi connectivity index (χ0v) is 4.48. The maximum Gasteiger partial charge on any atom is 0 e. The van der Waals surface area contributed by atoms with Gasteiger partial charge in [-0.05, 0) is 0 Å². The second-order valence-corrected chi connectivity index (χ2v) is 0. The van der Waals surface area contributed by atoms with Gasteiger partial charge in [0.05, 0.1) is 0 Å². The van der Waals surface area contributed by atoms with Crippen LogP contribution in [-0.4, -0.2) is 0 Å². The molecule has 0 unspecified atom stereocenters. The quantitative estimate of drug-likeness (QED) is 0.574. The summed E-state index contributed by atoms with van der Waals surface area (Å²) < 4.78 is 0. The van der Waals surface area contributed by atoms with Crippen molar-refractivity contribution < 1.29 is 21.1 Å². The predicted octanol–water partition coefficient (Wildman–Crippen LogP) is 0.190. The van der Waals surface area contributed by atoms with Gasteiger partial charge in [0.25, 0.3) is 0 Å². The molecule has 0 N–H and O–H groups in total. The molecular formula is C2N2Pt-2. The van der Waals surface area contributed by atoms with Gasteiger partial charge in [-0.1, -0.05) is 0 Å². The second kappa shape index (κ2) is 237. The molecule has 0 aliphatic carbocycles. The molecule has 0 aromatic carbocycles. The minimum atomic E-state index is 0. The molecule has 0 saturated carbocycles. The van der Waals surface area contributed by atoms with Crippen LogP contribution in [0.2, 0.25) is 0 Å². The maximum atomic E-state index is 6.25. The van der Waals surface area contributed by atoms with Crippen LogP contribution in [0.5, 0.6) is 0 Å². The summed E-state index contributed by atoms with van der Waals surface area (Å²) in [5.41, 5.74) is 0. The summed E-state index contributed by atoms with van der Waals surface area (Å²) in [6.07, 6.45) is 0. The summed E-state index contributed by atoms with van der Waals surface area (Å²) in [5, 5.41) is 12.5. The largest absolute Gasteiger partial charge is 0.512 e. The molecule has 0 bridgehead atoms. The normalized spacial score (nSPS) is 0.800. The van der Waals surface area contributed by atoms with Crippen LogP contribution >= 0.6 is 0 Å². The first kappa shape index (κ1) is 22.6. The predicted molar refractivity (Wildman–Crippen MR) is 9.94 cm³/mol. The topological polar surface area (TPSA) is 47.6 Å². The van der Waals surface area contributed by atoms with E-state index < -0.39 is 0 Å². The van der Waals surface area contributed by atoms with E-state index in [4.69, 9.17) is 23.7 Å². The van der Waals surface area contributed by atoms with E-state index in [1.54, 1.807) is 0 Å². The van der Waals surface area contributed by atoms with E-state index in [9.17, 15) is 0 Å². The van der Waals surface area contributed by atoms with E-state index in [1.165, 1.54) is 0 Å². The smallest absolute Gasteiger partial charge is 0 e. The van der Waals surface area contributed by atoms with E-state index in [2.05, 4.69) is 0 Å². The molecule has 0 aliphatic heterocycles. The zero-order valence-electron chi connectivity index (χ0n) is 2.21. The van der Waals surface area contributed by atoms with Crippen molar-refractivity contribution in [2.75, 3.05) is 0 Å². The van der Waals surface area contributed by atoms with Crippen molar-refractivity contribution in [1.82, 2.24) is 0 Å². The Bertz CT molecular complexity index is 23.1. The molecule has 0 amide bonds. The Morgan fingerprint density at radius 2 is 0.800 bits per heavy atom. The molecule has 0 saturated heterocycles. The number of hydrogen-bond acceptors (Lipinski definition) is 2. The van der Waals surface area contributed by atoms with E-state index in [-0.39, 0.29) is 21.1 Å². The molecule has 2 nitrogen and oxygen atoms in total. The molecule has 0 atom stereocenters. The van der Waals surface area contributed by atoms with E-state index >= 15 is 0 Å². The van der Waals surface area contributed by atoms with Crippen LogP contribution in [0.25, 0.3) is 0 Å². The van der Waals surface area contributed by atoms with Gasteiger partial charge < -0.3 is 23.7 Å². The fourth-order valence-electron chi connectivity index (χ4n) is 0. The first-order chi connectivity index (χ1) is 2.00. The molecule has 0 rings (SSSR count). The van der Waals surface area contributed by atoms with Crippen molar-refractivity contribution in [2.24, 2.45) is 0 Å². The van der Waals surface area contributed by atoms with Crippen molar-refractivity contribution in [3.05, 3.63) is 13.1 Å². The average Bonchev–Trinajstić information content (AvgIpc) is 1.50. The van der Waals surface area contributed by atoms with Crippen molar-refractivity contribution in [3.63, 3.8) is 0 Å². The number of rotatable bonds is 0. The SMILES string of the molecule is [C-]#N.[C-]#N.[Pt]. The molecule has 0 heterocycles. The van der Waals surface area contributed by atoms with E-state index in [1.807, 2.05) is 0 Å². The van der Waals surface area contributed by atoms with Crippen LogP contribution in [0.4, 0.5) is 0 Å². The number of hydrogen-bond donors (Lipinski definition) is 0. The molecule has 0 aromatic rings. The van der Waals surface area contributed by atoms with Gasteiger partial charge in [0.1, 0.15) is 0 Å². The summed E-state index contributed by atoms with van der Waals surface area (Å²) in [6, 6.07) is 0. The fourth-order valence-corrected chi connectivity index (χ4v) is 0. The molecule has 3 heteroatoms. The Balaban J connectivity index is -0.0000000133. The van der Waals surface area contributed by atoms with Gasteiger partial charge in [-0.25, -0.2) is 0 Å². The van der Waals surface area contributed by atoms with Gasteiger partial charge in [-0.3, -0.25) is 0 Å². The molecule has 0 radical (unpaired) electrons. The maximum absolute atomic E-state index is 6.25. The Morgan fingerprint density at radius 1 is 0.800 bits per heavy atom. The molecule has 5 heavy (non-hydrogen) atoms. The minimum Gasteiger partial charge on any atom is -0.512 e. The molecule has 30 valence electrons. The summed E-state index contributed by atoms with van der Waals surface area (Å²) in [4.78, 5) is 0. The molecular weight excluding hydrogens is 247 g/mol. The Kier molecular flexibility index (Phi) is 1070. The van der Waals surface area contributed by atoms with Gasteiger partial charge in [0.15, 0.2) is 0 Å². The van der Waals surface area contributed by atoms with Crippen molar-refractivity contribution in [1.29, 1.82) is 10.5 Å². The average molecular weight is 247 g/mol. The zero-order chi connectivity index (χ0) is 4.00. The third kappa shape index (κ3) is 92.8. The molecule has 0 aromatic heterocycles. The second-order valence-electron chi connectivity index (χ2n) is 0. The van der Waals surface area contributed by atoms with Crippen molar-refractivity contribution in [3.8, 4) is 0 Å². The summed E-state index contributed by atoms with van der Waals surface area (Å²) in [5.74, 6) is 0. The summed E-state index contributed by atoms with van der Waals surface area (Å²) >= 11 is 0. The van der Waals surface area contributed by atoms with Crippen LogP contribution in [0, 0.1) is 23.7 Å². The van der Waals surface area contributed by atoms with Crippen molar-refractivity contribution in [2.45, 2.75) is 0 Å². The van der Waals surface area contributed by atoms with Crippen LogP contribution in [0.1, 0.15) is 0 Å². The van der Waals surface area contributed by atoms with E-state index in [0.717, 1.165) is 0 Å². The Labute approximate surface area is 45.3 Å². The standard InChI is InChI=1S/2CN.Pt/c2*1-2;/q2*-1;. The van der Waals surface area contributed by atoms with Gasteiger partial charge >= 0.3 is 0 Å².